The van der Waals surface area contributed by atoms with Gasteiger partial charge in [-0.2, -0.15) is 0 Å². The van der Waals surface area contributed by atoms with Crippen molar-refractivity contribution in [1.29, 1.82) is 0 Å². The number of imidazole rings is 1. The molecule has 0 fully saturated rings. The van der Waals surface area contributed by atoms with E-state index in [9.17, 15) is 4.79 Å². The molecule has 1 N–H and O–H groups in total. The van der Waals surface area contributed by atoms with E-state index in [0.29, 0.717) is 12.5 Å². The van der Waals surface area contributed by atoms with Crippen LogP contribution in [0.1, 0.15) is 27.2 Å². The highest BCUT2D eigenvalue weighted by molar-refractivity contribution is 8.00. The van der Waals surface area contributed by atoms with Crippen LogP contribution in [0.2, 0.25) is 0 Å². The zero-order valence-electron chi connectivity index (χ0n) is 9.90. The van der Waals surface area contributed by atoms with Crippen LogP contribution in [0.4, 0.5) is 0 Å². The standard InChI is InChI=1S/C11H18N2O2S/c1-8(2)4-7-15-10(14)9(3)16-11-12-5-6-13-11/h5-6,8-9H,4,7H2,1-3H3,(H,12,13). The lowest BCUT2D eigenvalue weighted by Gasteiger charge is -2.10. The molecule has 0 bridgehead atoms. The topological polar surface area (TPSA) is 55.0 Å². The number of aromatic nitrogens is 2. The van der Waals surface area contributed by atoms with E-state index in [1.54, 1.807) is 12.4 Å². The first-order valence-corrected chi connectivity index (χ1v) is 6.30. The number of rotatable bonds is 6. The Hall–Kier alpha value is -0.970. The van der Waals surface area contributed by atoms with E-state index in [4.69, 9.17) is 4.74 Å². The lowest BCUT2D eigenvalue weighted by molar-refractivity contribution is -0.142. The Balaban J connectivity index is 2.25. The summed E-state index contributed by atoms with van der Waals surface area (Å²) >= 11 is 1.38. The Morgan fingerprint density at radius 1 is 1.56 bits per heavy atom. The van der Waals surface area contributed by atoms with Gasteiger partial charge >= 0.3 is 5.97 Å². The summed E-state index contributed by atoms with van der Waals surface area (Å²) in [5.41, 5.74) is 0. The number of carbonyl (C=O) groups excluding carboxylic acids is 1. The maximum atomic E-state index is 11.6. The summed E-state index contributed by atoms with van der Waals surface area (Å²) < 4.78 is 5.16. The molecule has 1 aromatic rings. The number of ether oxygens (including phenoxy) is 1. The third kappa shape index (κ3) is 4.70. The van der Waals surface area contributed by atoms with Crippen molar-refractivity contribution >= 4 is 17.7 Å². The molecule has 1 aromatic heterocycles. The molecule has 4 nitrogen and oxygen atoms in total. The zero-order valence-corrected chi connectivity index (χ0v) is 10.7. The van der Waals surface area contributed by atoms with E-state index in [1.807, 2.05) is 6.92 Å². The molecule has 0 radical (unpaired) electrons. The molecule has 1 atom stereocenters. The Kier molecular flexibility index (Phi) is 5.38. The van der Waals surface area contributed by atoms with Gasteiger partial charge in [-0.1, -0.05) is 25.6 Å². The van der Waals surface area contributed by atoms with Crippen molar-refractivity contribution in [3.8, 4) is 0 Å². The van der Waals surface area contributed by atoms with Crippen LogP contribution in [0.15, 0.2) is 17.6 Å². The van der Waals surface area contributed by atoms with Crippen LogP contribution in [-0.4, -0.2) is 27.8 Å². The Labute approximate surface area is 100 Å². The first kappa shape index (κ1) is 13.1. The largest absolute Gasteiger partial charge is 0.465 e. The number of nitrogens with one attached hydrogen (secondary N) is 1. The second kappa shape index (κ2) is 6.58. The van der Waals surface area contributed by atoms with Gasteiger partial charge in [0.25, 0.3) is 0 Å². The monoisotopic (exact) mass is 242 g/mol. The average Bonchev–Trinajstić information content (AvgIpc) is 2.69. The van der Waals surface area contributed by atoms with E-state index in [0.717, 1.165) is 11.6 Å². The molecule has 0 aliphatic heterocycles. The van der Waals surface area contributed by atoms with Gasteiger partial charge in [-0.3, -0.25) is 4.79 Å². The Morgan fingerprint density at radius 3 is 2.88 bits per heavy atom. The van der Waals surface area contributed by atoms with E-state index < -0.39 is 0 Å². The van der Waals surface area contributed by atoms with Crippen LogP contribution in [-0.2, 0) is 9.53 Å². The predicted octanol–water partition coefficient (Wildman–Crippen LogP) is 2.48. The molecule has 0 saturated heterocycles. The second-order valence-electron chi connectivity index (χ2n) is 4.00. The Morgan fingerprint density at radius 2 is 2.31 bits per heavy atom. The summed E-state index contributed by atoms with van der Waals surface area (Å²) in [7, 11) is 0. The van der Waals surface area contributed by atoms with Crippen LogP contribution < -0.4 is 0 Å². The van der Waals surface area contributed by atoms with Crippen molar-refractivity contribution in [2.24, 2.45) is 5.92 Å². The quantitative estimate of drug-likeness (QED) is 0.615. The summed E-state index contributed by atoms with van der Waals surface area (Å²) in [6.45, 7) is 6.54. The third-order valence-corrected chi connectivity index (χ3v) is 3.03. The maximum absolute atomic E-state index is 11.6. The van der Waals surface area contributed by atoms with Crippen LogP contribution in [0.5, 0.6) is 0 Å². The SMILES string of the molecule is CC(C)CCOC(=O)C(C)Sc1ncc[nH]1. The minimum atomic E-state index is -0.224. The van der Waals surface area contributed by atoms with E-state index >= 15 is 0 Å². The van der Waals surface area contributed by atoms with E-state index in [2.05, 4.69) is 23.8 Å². The van der Waals surface area contributed by atoms with Crippen LogP contribution in [0.3, 0.4) is 0 Å². The zero-order chi connectivity index (χ0) is 12.0. The molecule has 0 aliphatic carbocycles. The predicted molar refractivity (Wildman–Crippen MR) is 64.3 cm³/mol. The van der Waals surface area contributed by atoms with E-state index in [-0.39, 0.29) is 11.2 Å². The first-order chi connectivity index (χ1) is 7.59. The molecule has 1 rings (SSSR count). The normalized spacial score (nSPS) is 12.8. The second-order valence-corrected chi connectivity index (χ2v) is 5.33. The van der Waals surface area contributed by atoms with E-state index in [1.165, 1.54) is 11.8 Å². The highest BCUT2D eigenvalue weighted by Crippen LogP contribution is 2.19. The van der Waals surface area contributed by atoms with Gasteiger partial charge in [0.15, 0.2) is 5.16 Å². The number of carbonyl (C=O) groups is 1. The first-order valence-electron chi connectivity index (χ1n) is 5.42. The summed E-state index contributed by atoms with van der Waals surface area (Å²) in [5, 5.41) is 0.520. The van der Waals surface area contributed by atoms with Crippen LogP contribution in [0.25, 0.3) is 0 Å². The molecule has 0 amide bonds. The minimum Gasteiger partial charge on any atom is -0.465 e. The van der Waals surface area contributed by atoms with Gasteiger partial charge in [0.05, 0.1) is 6.61 Å². The fourth-order valence-corrected chi connectivity index (χ4v) is 1.80. The molecule has 0 aromatic carbocycles. The molecule has 90 valence electrons. The summed E-state index contributed by atoms with van der Waals surface area (Å²) in [5.74, 6) is 0.378. The van der Waals surface area contributed by atoms with Gasteiger partial charge < -0.3 is 9.72 Å². The van der Waals surface area contributed by atoms with Crippen molar-refractivity contribution in [2.75, 3.05) is 6.61 Å². The molecule has 1 unspecified atom stereocenters. The fraction of sp³-hybridized carbons (Fsp3) is 0.636. The van der Waals surface area contributed by atoms with Gasteiger partial charge in [0, 0.05) is 12.4 Å². The smallest absolute Gasteiger partial charge is 0.319 e. The number of aromatic amines is 1. The van der Waals surface area contributed by atoms with Crippen molar-refractivity contribution in [3.63, 3.8) is 0 Å². The van der Waals surface area contributed by atoms with Crippen molar-refractivity contribution in [3.05, 3.63) is 12.4 Å². The van der Waals surface area contributed by atoms with Crippen molar-refractivity contribution < 1.29 is 9.53 Å². The fourth-order valence-electron chi connectivity index (χ4n) is 1.04. The average molecular weight is 242 g/mol. The lowest BCUT2D eigenvalue weighted by atomic mass is 10.1. The molecular formula is C11H18N2O2S. The molecule has 0 aliphatic rings. The number of hydrogen-bond acceptors (Lipinski definition) is 4. The number of H-pyrrole nitrogens is 1. The van der Waals surface area contributed by atoms with Gasteiger partial charge in [-0.15, -0.1) is 0 Å². The van der Waals surface area contributed by atoms with Gasteiger partial charge in [-0.05, 0) is 19.3 Å². The lowest BCUT2D eigenvalue weighted by Crippen LogP contribution is -2.18. The molecule has 5 heteroatoms. The van der Waals surface area contributed by atoms with Crippen molar-refractivity contribution in [1.82, 2.24) is 9.97 Å². The minimum absolute atomic E-state index is 0.179. The van der Waals surface area contributed by atoms with Gasteiger partial charge in [0.2, 0.25) is 0 Å². The molecule has 16 heavy (non-hydrogen) atoms. The summed E-state index contributed by atoms with van der Waals surface area (Å²) in [6.07, 6.45) is 4.31. The third-order valence-electron chi connectivity index (χ3n) is 2.03. The molecular weight excluding hydrogens is 224 g/mol. The van der Waals surface area contributed by atoms with Gasteiger partial charge in [0.1, 0.15) is 5.25 Å². The van der Waals surface area contributed by atoms with Crippen LogP contribution >= 0.6 is 11.8 Å². The number of nitrogens with zero attached hydrogens (tertiary/aromatic N) is 1. The maximum Gasteiger partial charge on any atom is 0.319 e. The molecule has 0 spiro atoms. The number of esters is 1. The summed E-state index contributed by atoms with van der Waals surface area (Å²) in [4.78, 5) is 18.6. The van der Waals surface area contributed by atoms with Crippen LogP contribution in [0, 0.1) is 5.92 Å². The van der Waals surface area contributed by atoms with Crippen molar-refractivity contribution in [2.45, 2.75) is 37.6 Å². The number of thioether (sulfide) groups is 1. The highest BCUT2D eigenvalue weighted by atomic mass is 32.2. The summed E-state index contributed by atoms with van der Waals surface area (Å²) in [6, 6.07) is 0. The number of hydrogen-bond donors (Lipinski definition) is 1. The Bertz CT molecular complexity index is 312. The molecule has 1 heterocycles. The van der Waals surface area contributed by atoms with Gasteiger partial charge in [-0.25, -0.2) is 4.98 Å². The highest BCUT2D eigenvalue weighted by Gasteiger charge is 2.16. The molecule has 0 saturated carbocycles.